The maximum atomic E-state index is 11.8. The Kier molecular flexibility index (Phi) is 5.41. The highest BCUT2D eigenvalue weighted by Gasteiger charge is 2.33. The second-order valence-electron chi connectivity index (χ2n) is 4.63. The minimum absolute atomic E-state index is 0.104. The third-order valence-corrected chi connectivity index (χ3v) is 2.95. The molecule has 0 aromatic rings. The van der Waals surface area contributed by atoms with Crippen LogP contribution in [-0.4, -0.2) is 60.4 Å². The van der Waals surface area contributed by atoms with E-state index < -0.39 is 0 Å². The van der Waals surface area contributed by atoms with E-state index in [0.717, 1.165) is 19.5 Å². The van der Waals surface area contributed by atoms with Crippen molar-refractivity contribution >= 4 is 11.8 Å². The molecule has 0 unspecified atom stereocenters. The third kappa shape index (κ3) is 3.70. The fourth-order valence-corrected chi connectivity index (χ4v) is 1.91. The number of rotatable bonds is 6. The Morgan fingerprint density at radius 3 is 2.47 bits per heavy atom. The summed E-state index contributed by atoms with van der Waals surface area (Å²) < 4.78 is 0. The van der Waals surface area contributed by atoms with Gasteiger partial charge in [0.25, 0.3) is 0 Å². The van der Waals surface area contributed by atoms with Crippen molar-refractivity contribution in [3.63, 3.8) is 0 Å². The predicted molar refractivity (Wildman–Crippen MR) is 66.6 cm³/mol. The summed E-state index contributed by atoms with van der Waals surface area (Å²) in [7, 11) is 0. The number of hydrogen-bond donors (Lipinski definition) is 1. The molecule has 1 aliphatic rings. The van der Waals surface area contributed by atoms with Crippen molar-refractivity contribution in [2.45, 2.75) is 33.2 Å². The molecule has 2 amide bonds. The predicted octanol–water partition coefficient (Wildman–Crippen LogP) is 0.0652. The Balaban J connectivity index is 2.40. The number of amides is 2. The normalized spacial score (nSPS) is 17.2. The van der Waals surface area contributed by atoms with Crippen LogP contribution in [0.1, 0.15) is 27.2 Å². The van der Waals surface area contributed by atoms with Gasteiger partial charge in [-0.2, -0.15) is 0 Å². The maximum absolute atomic E-state index is 11.8. The van der Waals surface area contributed by atoms with E-state index in [-0.39, 0.29) is 17.9 Å². The number of nitrogens with zero attached hydrogens (tertiary/aromatic N) is 2. The topological polar surface area (TPSA) is 52.6 Å². The highest BCUT2D eigenvalue weighted by Crippen LogP contribution is 2.08. The van der Waals surface area contributed by atoms with Gasteiger partial charge in [-0.05, 0) is 26.8 Å². The van der Waals surface area contributed by atoms with Crippen molar-refractivity contribution < 1.29 is 9.59 Å². The monoisotopic (exact) mass is 241 g/mol. The molecule has 0 aliphatic carbocycles. The first-order valence-electron chi connectivity index (χ1n) is 6.38. The van der Waals surface area contributed by atoms with E-state index in [1.165, 1.54) is 0 Å². The van der Waals surface area contributed by atoms with Crippen LogP contribution in [0.25, 0.3) is 0 Å². The van der Waals surface area contributed by atoms with Gasteiger partial charge in [0.1, 0.15) is 0 Å². The number of nitrogens with one attached hydrogen (secondary N) is 1. The van der Waals surface area contributed by atoms with Crippen LogP contribution in [-0.2, 0) is 9.59 Å². The van der Waals surface area contributed by atoms with Crippen molar-refractivity contribution in [2.75, 3.05) is 32.7 Å². The Morgan fingerprint density at radius 1 is 1.18 bits per heavy atom. The molecule has 1 heterocycles. The van der Waals surface area contributed by atoms with Gasteiger partial charge in [-0.3, -0.25) is 9.59 Å². The lowest BCUT2D eigenvalue weighted by atomic mass is 10.2. The molecular formula is C12H23N3O2. The van der Waals surface area contributed by atoms with Gasteiger partial charge in [-0.25, -0.2) is 0 Å². The third-order valence-electron chi connectivity index (χ3n) is 2.95. The minimum atomic E-state index is -0.359. The second kappa shape index (κ2) is 6.59. The lowest BCUT2D eigenvalue weighted by molar-refractivity contribution is -0.157. The summed E-state index contributed by atoms with van der Waals surface area (Å²) in [5.74, 6) is -0.718. The summed E-state index contributed by atoms with van der Waals surface area (Å²) in [5.41, 5.74) is 0. The summed E-state index contributed by atoms with van der Waals surface area (Å²) in [4.78, 5) is 26.9. The van der Waals surface area contributed by atoms with E-state index in [2.05, 4.69) is 12.2 Å². The molecule has 0 atom stereocenters. The van der Waals surface area contributed by atoms with Gasteiger partial charge < -0.3 is 15.1 Å². The molecule has 1 aliphatic heterocycles. The molecule has 98 valence electrons. The van der Waals surface area contributed by atoms with E-state index in [0.29, 0.717) is 19.6 Å². The van der Waals surface area contributed by atoms with Crippen molar-refractivity contribution in [3.8, 4) is 0 Å². The Labute approximate surface area is 103 Å². The summed E-state index contributed by atoms with van der Waals surface area (Å²) in [6.07, 6.45) is 1.08. The van der Waals surface area contributed by atoms with E-state index >= 15 is 0 Å². The van der Waals surface area contributed by atoms with Crippen molar-refractivity contribution in [2.24, 2.45) is 0 Å². The molecule has 0 saturated carbocycles. The molecule has 0 aromatic carbocycles. The zero-order valence-electron chi connectivity index (χ0n) is 11.0. The Bertz CT molecular complexity index is 279. The van der Waals surface area contributed by atoms with Gasteiger partial charge in [-0.15, -0.1) is 0 Å². The van der Waals surface area contributed by atoms with Crippen LogP contribution in [0.2, 0.25) is 0 Å². The first-order chi connectivity index (χ1) is 8.07. The molecule has 1 fully saturated rings. The average molecular weight is 241 g/mol. The maximum Gasteiger partial charge on any atom is 0.312 e. The number of carbonyl (C=O) groups is 2. The van der Waals surface area contributed by atoms with Gasteiger partial charge in [0.15, 0.2) is 0 Å². The Hall–Kier alpha value is -1.10. The first kappa shape index (κ1) is 14.0. The van der Waals surface area contributed by atoms with Crippen LogP contribution in [0, 0.1) is 0 Å². The van der Waals surface area contributed by atoms with Crippen LogP contribution in [0.15, 0.2) is 0 Å². The highest BCUT2D eigenvalue weighted by molar-refractivity contribution is 6.35. The molecule has 17 heavy (non-hydrogen) atoms. The first-order valence-corrected chi connectivity index (χ1v) is 6.38. The molecule has 0 aromatic heterocycles. The van der Waals surface area contributed by atoms with Crippen molar-refractivity contribution in [1.82, 2.24) is 15.1 Å². The molecule has 0 spiro atoms. The van der Waals surface area contributed by atoms with Crippen LogP contribution < -0.4 is 5.32 Å². The molecule has 0 radical (unpaired) electrons. The quantitative estimate of drug-likeness (QED) is 0.529. The van der Waals surface area contributed by atoms with Gasteiger partial charge >= 0.3 is 11.8 Å². The van der Waals surface area contributed by atoms with Crippen LogP contribution in [0.3, 0.4) is 0 Å². The zero-order chi connectivity index (χ0) is 12.8. The highest BCUT2D eigenvalue weighted by atomic mass is 16.2. The van der Waals surface area contributed by atoms with Crippen LogP contribution in [0.4, 0.5) is 0 Å². The molecule has 5 heteroatoms. The molecule has 1 N–H and O–H groups in total. The number of hydrogen-bond acceptors (Lipinski definition) is 3. The minimum Gasteiger partial charge on any atom is -0.331 e. The molecule has 0 bridgehead atoms. The lowest BCUT2D eigenvalue weighted by Crippen LogP contribution is -2.57. The summed E-state index contributed by atoms with van der Waals surface area (Å²) in [6.45, 7) is 9.60. The number of piperazine rings is 1. The SMILES string of the molecule is CCCNCCN1CCN(C(C)C)C(=O)C1=O. The fraction of sp³-hybridized carbons (Fsp3) is 0.833. The van der Waals surface area contributed by atoms with E-state index in [9.17, 15) is 9.59 Å². The molecule has 1 saturated heterocycles. The van der Waals surface area contributed by atoms with E-state index in [4.69, 9.17) is 0 Å². The summed E-state index contributed by atoms with van der Waals surface area (Å²) in [6, 6.07) is 0.104. The average Bonchev–Trinajstić information content (AvgIpc) is 2.29. The molecular weight excluding hydrogens is 218 g/mol. The fourth-order valence-electron chi connectivity index (χ4n) is 1.91. The zero-order valence-corrected chi connectivity index (χ0v) is 11.0. The van der Waals surface area contributed by atoms with Gasteiger partial charge in [-0.1, -0.05) is 6.92 Å². The van der Waals surface area contributed by atoms with Gasteiger partial charge in [0, 0.05) is 32.2 Å². The van der Waals surface area contributed by atoms with Gasteiger partial charge in [0.05, 0.1) is 0 Å². The van der Waals surface area contributed by atoms with Crippen molar-refractivity contribution in [3.05, 3.63) is 0 Å². The standard InChI is InChI=1S/C12H23N3O2/c1-4-5-13-6-7-14-8-9-15(10(2)3)12(17)11(14)16/h10,13H,4-9H2,1-3H3. The second-order valence-corrected chi connectivity index (χ2v) is 4.63. The van der Waals surface area contributed by atoms with E-state index in [1.54, 1.807) is 9.80 Å². The molecule has 5 nitrogen and oxygen atoms in total. The van der Waals surface area contributed by atoms with Crippen LogP contribution in [0.5, 0.6) is 0 Å². The van der Waals surface area contributed by atoms with Crippen LogP contribution >= 0.6 is 0 Å². The summed E-state index contributed by atoms with van der Waals surface area (Å²) >= 11 is 0. The van der Waals surface area contributed by atoms with Gasteiger partial charge in [0.2, 0.25) is 0 Å². The molecule has 1 rings (SSSR count). The number of carbonyl (C=O) groups excluding carboxylic acids is 2. The van der Waals surface area contributed by atoms with E-state index in [1.807, 2.05) is 13.8 Å². The largest absolute Gasteiger partial charge is 0.331 e. The lowest BCUT2D eigenvalue weighted by Gasteiger charge is -2.36. The summed E-state index contributed by atoms with van der Waals surface area (Å²) in [5, 5.41) is 3.23. The Morgan fingerprint density at radius 2 is 1.88 bits per heavy atom. The van der Waals surface area contributed by atoms with Crippen molar-refractivity contribution in [1.29, 1.82) is 0 Å². The smallest absolute Gasteiger partial charge is 0.312 e.